The van der Waals surface area contributed by atoms with Gasteiger partial charge < -0.3 is 24.3 Å². The van der Waals surface area contributed by atoms with Gasteiger partial charge in [0.05, 0.1) is 39.7 Å². The van der Waals surface area contributed by atoms with Crippen molar-refractivity contribution in [1.82, 2.24) is 0 Å². The number of thioether (sulfide) groups is 1. The summed E-state index contributed by atoms with van der Waals surface area (Å²) in [7, 11) is 6.54. The minimum absolute atomic E-state index is 0.687. The maximum Gasteiger partial charge on any atom is 0.142 e. The van der Waals surface area contributed by atoms with Gasteiger partial charge in [-0.1, -0.05) is 18.2 Å². The molecule has 0 bridgehead atoms. The summed E-state index contributed by atoms with van der Waals surface area (Å²) in [5.41, 5.74) is 3.93. The molecule has 0 atom stereocenters. The van der Waals surface area contributed by atoms with Gasteiger partial charge in [-0.15, -0.1) is 11.8 Å². The molecule has 0 aromatic heterocycles. The Labute approximate surface area is 183 Å². The highest BCUT2D eigenvalue weighted by Gasteiger charge is 2.10. The van der Waals surface area contributed by atoms with E-state index in [1.54, 1.807) is 40.2 Å². The fourth-order valence-electron chi connectivity index (χ4n) is 2.69. The number of hydrogen-bond donors (Lipinski definition) is 1. The lowest BCUT2D eigenvalue weighted by molar-refractivity contribution is 0.374. The molecule has 0 heterocycles. The number of nitrogens with one attached hydrogen (secondary N) is 1. The predicted octanol–water partition coefficient (Wildman–Crippen LogP) is 6.13. The van der Waals surface area contributed by atoms with E-state index in [2.05, 4.69) is 24.0 Å². The van der Waals surface area contributed by atoms with E-state index in [-0.39, 0.29) is 0 Å². The molecule has 0 saturated carbocycles. The summed E-state index contributed by atoms with van der Waals surface area (Å²) in [5, 5.41) is 5.29. The van der Waals surface area contributed by atoms with Crippen LogP contribution < -0.4 is 24.3 Å². The summed E-state index contributed by atoms with van der Waals surface area (Å²) in [4.78, 5) is 0. The van der Waals surface area contributed by atoms with E-state index < -0.39 is 0 Å². The quantitative estimate of drug-likeness (QED) is 0.436. The van der Waals surface area contributed by atoms with Gasteiger partial charge >= 0.3 is 0 Å². The van der Waals surface area contributed by atoms with Crippen molar-refractivity contribution < 1.29 is 18.9 Å². The van der Waals surface area contributed by atoms with Crippen LogP contribution in [0.15, 0.2) is 60.2 Å². The standard InChI is InChI=1S/C24H29NO4S/c1-17(2)9-11-25-21-13-18(7-8-22(21)27-4)16-30-12-10-20-23(28-5)14-19(26-3)15-24(20)29-6/h7-15,25H,1,16H2,2-6H3/b11-9-,12-10+. The highest BCUT2D eigenvalue weighted by Crippen LogP contribution is 2.36. The van der Waals surface area contributed by atoms with E-state index >= 15 is 0 Å². The van der Waals surface area contributed by atoms with Gasteiger partial charge in [0, 0.05) is 24.1 Å². The summed E-state index contributed by atoms with van der Waals surface area (Å²) in [6.07, 6.45) is 5.76. The van der Waals surface area contributed by atoms with E-state index in [4.69, 9.17) is 18.9 Å². The second-order valence-corrected chi connectivity index (χ2v) is 7.31. The lowest BCUT2D eigenvalue weighted by Gasteiger charge is -2.12. The van der Waals surface area contributed by atoms with Crippen LogP contribution in [0.5, 0.6) is 23.0 Å². The molecule has 0 aliphatic carbocycles. The van der Waals surface area contributed by atoms with Gasteiger partial charge in [0.25, 0.3) is 0 Å². The summed E-state index contributed by atoms with van der Waals surface area (Å²) < 4.78 is 21.7. The van der Waals surface area contributed by atoms with Gasteiger partial charge in [-0.2, -0.15) is 0 Å². The Hall–Kier alpha value is -2.99. The van der Waals surface area contributed by atoms with Gasteiger partial charge in [-0.05, 0) is 42.2 Å². The SMILES string of the molecule is C=C(C)/C=C\Nc1cc(CS/C=C/c2c(OC)cc(OC)cc2OC)ccc1OC. The highest BCUT2D eigenvalue weighted by atomic mass is 32.2. The van der Waals surface area contributed by atoms with Crippen LogP contribution >= 0.6 is 11.8 Å². The molecular formula is C24H29NO4S. The number of hydrogen-bond acceptors (Lipinski definition) is 6. The van der Waals surface area contributed by atoms with Crippen LogP contribution in [-0.4, -0.2) is 28.4 Å². The molecule has 0 aliphatic rings. The largest absolute Gasteiger partial charge is 0.496 e. The first kappa shape index (κ1) is 23.3. The van der Waals surface area contributed by atoms with Crippen molar-refractivity contribution in [3.05, 3.63) is 71.3 Å². The van der Waals surface area contributed by atoms with Crippen LogP contribution in [0.4, 0.5) is 5.69 Å². The Morgan fingerprint density at radius 3 is 2.20 bits per heavy atom. The van der Waals surface area contributed by atoms with E-state index in [9.17, 15) is 0 Å². The van der Waals surface area contributed by atoms with Crippen molar-refractivity contribution in [2.75, 3.05) is 33.8 Å². The normalized spacial score (nSPS) is 11.0. The zero-order valence-electron chi connectivity index (χ0n) is 18.2. The third-order valence-corrected chi connectivity index (χ3v) is 5.03. The molecule has 2 aromatic carbocycles. The summed E-state index contributed by atoms with van der Waals surface area (Å²) >= 11 is 1.68. The first-order chi connectivity index (χ1) is 14.5. The smallest absolute Gasteiger partial charge is 0.142 e. The molecule has 2 aromatic rings. The van der Waals surface area contributed by atoms with Crippen LogP contribution in [0, 0.1) is 0 Å². The van der Waals surface area contributed by atoms with Crippen molar-refractivity contribution >= 4 is 23.5 Å². The zero-order chi connectivity index (χ0) is 21.9. The molecular weight excluding hydrogens is 398 g/mol. The molecule has 160 valence electrons. The molecule has 0 fully saturated rings. The topological polar surface area (TPSA) is 49.0 Å². The number of anilines is 1. The fourth-order valence-corrected chi connectivity index (χ4v) is 3.39. The number of ether oxygens (including phenoxy) is 4. The Bertz CT molecular complexity index is 896. The van der Waals surface area contributed by atoms with Gasteiger partial charge in [-0.25, -0.2) is 0 Å². The molecule has 30 heavy (non-hydrogen) atoms. The zero-order valence-corrected chi connectivity index (χ0v) is 19.0. The second-order valence-electron chi connectivity index (χ2n) is 6.42. The van der Waals surface area contributed by atoms with Crippen molar-refractivity contribution in [3.8, 4) is 23.0 Å². The summed E-state index contributed by atoms with van der Waals surface area (Å²) in [6, 6.07) is 9.78. The number of methoxy groups -OCH3 is 4. The molecule has 0 amide bonds. The van der Waals surface area contributed by atoms with E-state index in [0.717, 1.165) is 28.3 Å². The molecule has 0 radical (unpaired) electrons. The molecule has 6 heteroatoms. The van der Waals surface area contributed by atoms with Gasteiger partial charge in [0.1, 0.15) is 23.0 Å². The monoisotopic (exact) mass is 427 g/mol. The maximum absolute atomic E-state index is 5.49. The Morgan fingerprint density at radius 2 is 1.63 bits per heavy atom. The van der Waals surface area contributed by atoms with Crippen LogP contribution in [0.2, 0.25) is 0 Å². The lowest BCUT2D eigenvalue weighted by atomic mass is 10.1. The summed E-state index contributed by atoms with van der Waals surface area (Å²) in [6.45, 7) is 5.81. The molecule has 1 N–H and O–H groups in total. The third-order valence-electron chi connectivity index (χ3n) is 4.20. The van der Waals surface area contributed by atoms with E-state index in [1.807, 2.05) is 48.9 Å². The average molecular weight is 428 g/mol. The molecule has 0 aliphatic heterocycles. The van der Waals surface area contributed by atoms with Crippen LogP contribution in [0.3, 0.4) is 0 Å². The second kappa shape index (κ2) is 11.9. The Balaban J connectivity index is 2.11. The van der Waals surface area contributed by atoms with E-state index in [0.29, 0.717) is 17.2 Å². The molecule has 2 rings (SSSR count). The van der Waals surface area contributed by atoms with Crippen LogP contribution in [0.25, 0.3) is 6.08 Å². The number of allylic oxidation sites excluding steroid dienone is 2. The first-order valence-electron chi connectivity index (χ1n) is 9.36. The maximum atomic E-state index is 5.49. The number of benzene rings is 2. The van der Waals surface area contributed by atoms with Gasteiger partial charge in [0.2, 0.25) is 0 Å². The fraction of sp³-hybridized carbons (Fsp3) is 0.250. The molecule has 5 nitrogen and oxygen atoms in total. The Kier molecular flexibility index (Phi) is 9.22. The molecule has 0 saturated heterocycles. The van der Waals surface area contributed by atoms with Crippen molar-refractivity contribution in [2.45, 2.75) is 12.7 Å². The summed E-state index contributed by atoms with van der Waals surface area (Å²) in [5.74, 6) is 3.68. The molecule has 0 unspecified atom stereocenters. The molecule has 0 spiro atoms. The predicted molar refractivity (Wildman–Crippen MR) is 127 cm³/mol. The van der Waals surface area contributed by atoms with Crippen molar-refractivity contribution in [3.63, 3.8) is 0 Å². The van der Waals surface area contributed by atoms with E-state index in [1.165, 1.54) is 5.56 Å². The average Bonchev–Trinajstić information content (AvgIpc) is 2.76. The third kappa shape index (κ3) is 6.52. The van der Waals surface area contributed by atoms with Crippen LogP contribution in [0.1, 0.15) is 18.1 Å². The van der Waals surface area contributed by atoms with Crippen molar-refractivity contribution in [1.29, 1.82) is 0 Å². The Morgan fingerprint density at radius 1 is 0.967 bits per heavy atom. The minimum atomic E-state index is 0.687. The minimum Gasteiger partial charge on any atom is -0.496 e. The van der Waals surface area contributed by atoms with Crippen LogP contribution in [-0.2, 0) is 5.75 Å². The highest BCUT2D eigenvalue weighted by molar-refractivity contribution is 8.01. The first-order valence-corrected chi connectivity index (χ1v) is 10.4. The lowest BCUT2D eigenvalue weighted by Crippen LogP contribution is -1.95. The van der Waals surface area contributed by atoms with Crippen molar-refractivity contribution in [2.24, 2.45) is 0 Å². The van der Waals surface area contributed by atoms with Gasteiger partial charge in [0.15, 0.2) is 0 Å². The van der Waals surface area contributed by atoms with Gasteiger partial charge in [-0.3, -0.25) is 0 Å². The number of rotatable bonds is 11.